The minimum Gasteiger partial charge on any atom is -0.423 e. The zero-order valence-corrected chi connectivity index (χ0v) is 6.24. The van der Waals surface area contributed by atoms with Crippen molar-refractivity contribution in [2.24, 2.45) is 0 Å². The second kappa shape index (κ2) is 3.66. The van der Waals surface area contributed by atoms with Gasteiger partial charge in [-0.25, -0.2) is 4.39 Å². The molecule has 3 N–H and O–H groups in total. The summed E-state index contributed by atoms with van der Waals surface area (Å²) in [5.74, 6) is -0.636. The van der Waals surface area contributed by atoms with Gasteiger partial charge in [-0.2, -0.15) is 0 Å². The molecule has 1 aromatic carbocycles. The maximum Gasteiger partial charge on any atom is 0.488 e. The Hall–Kier alpha value is -0.905. The first-order valence-corrected chi connectivity index (χ1v) is 3.41. The lowest BCUT2D eigenvalue weighted by atomic mass is 9.77. The summed E-state index contributed by atoms with van der Waals surface area (Å²) in [6.45, 7) is -0.542. The average Bonchev–Trinajstić information content (AvgIpc) is 2.03. The highest BCUT2D eigenvalue weighted by Gasteiger charge is 2.17. The monoisotopic (exact) mass is 170 g/mol. The van der Waals surface area contributed by atoms with Crippen LogP contribution in [0.3, 0.4) is 0 Å². The third-order valence-electron chi connectivity index (χ3n) is 1.59. The van der Waals surface area contributed by atoms with E-state index >= 15 is 0 Å². The Bertz CT molecular complexity index is 277. The van der Waals surface area contributed by atoms with Crippen molar-refractivity contribution < 1.29 is 19.5 Å². The maximum absolute atomic E-state index is 12.8. The van der Waals surface area contributed by atoms with Gasteiger partial charge in [0.05, 0.1) is 6.61 Å². The first kappa shape index (κ1) is 9.19. The molecule has 0 radical (unpaired) electrons. The fourth-order valence-corrected chi connectivity index (χ4v) is 0.984. The summed E-state index contributed by atoms with van der Waals surface area (Å²) in [6, 6.07) is 3.85. The van der Waals surface area contributed by atoms with Crippen molar-refractivity contribution in [3.8, 4) is 0 Å². The highest BCUT2D eigenvalue weighted by atomic mass is 19.1. The molecule has 3 nitrogen and oxygen atoms in total. The van der Waals surface area contributed by atoms with E-state index in [-0.39, 0.29) is 11.0 Å². The number of hydrogen-bond acceptors (Lipinski definition) is 3. The molecule has 0 aliphatic rings. The number of halogens is 1. The Morgan fingerprint density at radius 1 is 1.33 bits per heavy atom. The molecule has 0 atom stereocenters. The Kier molecular flexibility index (Phi) is 2.81. The van der Waals surface area contributed by atoms with E-state index in [9.17, 15) is 4.39 Å². The molecule has 0 unspecified atom stereocenters. The van der Waals surface area contributed by atoms with Gasteiger partial charge in [0, 0.05) is 5.56 Å². The second-order valence-corrected chi connectivity index (χ2v) is 2.34. The number of aliphatic hydroxyl groups excluding tert-OH is 1. The average molecular weight is 170 g/mol. The summed E-state index contributed by atoms with van der Waals surface area (Å²) in [5.41, 5.74) is -0.0787. The predicted molar refractivity (Wildman–Crippen MR) is 42.1 cm³/mol. The van der Waals surface area contributed by atoms with Crippen molar-refractivity contribution in [3.63, 3.8) is 0 Å². The van der Waals surface area contributed by atoms with Crippen molar-refractivity contribution in [2.75, 3.05) is 0 Å². The molecule has 0 fully saturated rings. The number of benzene rings is 1. The fraction of sp³-hybridized carbons (Fsp3) is 0.143. The Morgan fingerprint density at radius 2 is 2.00 bits per heavy atom. The van der Waals surface area contributed by atoms with Crippen LogP contribution >= 0.6 is 0 Å². The van der Waals surface area contributed by atoms with Crippen LogP contribution < -0.4 is 5.46 Å². The van der Waals surface area contributed by atoms with E-state index in [4.69, 9.17) is 15.2 Å². The van der Waals surface area contributed by atoms with Gasteiger partial charge in [-0.3, -0.25) is 0 Å². The first-order valence-electron chi connectivity index (χ1n) is 3.41. The standard InChI is InChI=1S/C7H8BFO3/c9-7-3-1-2-6(8(11)12)5(7)4-10/h1-3,10-12H,4H2. The number of aliphatic hydroxyl groups is 1. The molecular weight excluding hydrogens is 162 g/mol. The predicted octanol–water partition coefficient (Wildman–Crippen LogP) is -1.00. The van der Waals surface area contributed by atoms with Crippen LogP contribution in [0.25, 0.3) is 0 Å². The first-order chi connectivity index (χ1) is 5.66. The van der Waals surface area contributed by atoms with Crippen LogP contribution in [0.1, 0.15) is 5.56 Å². The van der Waals surface area contributed by atoms with Crippen molar-refractivity contribution in [3.05, 3.63) is 29.6 Å². The summed E-state index contributed by atoms with van der Waals surface area (Å²) in [5, 5.41) is 26.2. The molecule has 0 saturated carbocycles. The van der Waals surface area contributed by atoms with E-state index in [1.807, 2.05) is 0 Å². The van der Waals surface area contributed by atoms with E-state index in [0.717, 1.165) is 6.07 Å². The van der Waals surface area contributed by atoms with Crippen LogP contribution in [0, 0.1) is 5.82 Å². The van der Waals surface area contributed by atoms with Crippen molar-refractivity contribution in [1.82, 2.24) is 0 Å². The summed E-state index contributed by atoms with van der Waals surface area (Å²) in [4.78, 5) is 0. The van der Waals surface area contributed by atoms with Crippen LogP contribution in [0.15, 0.2) is 18.2 Å². The molecule has 0 heterocycles. The minimum atomic E-state index is -1.75. The molecule has 0 amide bonds. The van der Waals surface area contributed by atoms with Crippen LogP contribution in [-0.4, -0.2) is 22.3 Å². The fourth-order valence-electron chi connectivity index (χ4n) is 0.984. The van der Waals surface area contributed by atoms with Gasteiger partial charge in [-0.1, -0.05) is 12.1 Å². The van der Waals surface area contributed by atoms with Crippen molar-refractivity contribution >= 4 is 12.6 Å². The molecule has 5 heteroatoms. The van der Waals surface area contributed by atoms with Crippen molar-refractivity contribution in [2.45, 2.75) is 6.61 Å². The quantitative estimate of drug-likeness (QED) is 0.498. The van der Waals surface area contributed by atoms with Gasteiger partial charge < -0.3 is 15.2 Å². The Balaban J connectivity index is 3.18. The smallest absolute Gasteiger partial charge is 0.423 e. The Labute approximate surface area is 69.2 Å². The normalized spacial score (nSPS) is 10.0. The molecule has 1 aromatic rings. The van der Waals surface area contributed by atoms with Crippen LogP contribution in [0.4, 0.5) is 4.39 Å². The van der Waals surface area contributed by atoms with Gasteiger partial charge in [0.2, 0.25) is 0 Å². The molecule has 64 valence electrons. The number of rotatable bonds is 2. The number of hydrogen-bond donors (Lipinski definition) is 3. The SMILES string of the molecule is OCc1c(F)cccc1B(O)O. The molecule has 12 heavy (non-hydrogen) atoms. The zero-order chi connectivity index (χ0) is 9.14. The van der Waals surface area contributed by atoms with E-state index in [1.165, 1.54) is 12.1 Å². The summed E-state index contributed by atoms with van der Waals surface area (Å²) in [7, 11) is -1.75. The van der Waals surface area contributed by atoms with Crippen LogP contribution in [0.5, 0.6) is 0 Å². The lowest BCUT2D eigenvalue weighted by Crippen LogP contribution is -2.33. The largest absolute Gasteiger partial charge is 0.488 e. The molecule has 0 aliphatic carbocycles. The Morgan fingerprint density at radius 3 is 2.42 bits per heavy atom. The topological polar surface area (TPSA) is 60.7 Å². The van der Waals surface area contributed by atoms with Gasteiger partial charge in [-0.05, 0) is 11.5 Å². The van der Waals surface area contributed by atoms with E-state index in [2.05, 4.69) is 0 Å². The molecule has 0 bridgehead atoms. The third kappa shape index (κ3) is 1.63. The van der Waals surface area contributed by atoms with E-state index < -0.39 is 19.5 Å². The van der Waals surface area contributed by atoms with Crippen LogP contribution in [-0.2, 0) is 6.61 Å². The third-order valence-corrected chi connectivity index (χ3v) is 1.59. The lowest BCUT2D eigenvalue weighted by Gasteiger charge is -2.06. The molecule has 0 aromatic heterocycles. The zero-order valence-electron chi connectivity index (χ0n) is 6.24. The summed E-state index contributed by atoms with van der Waals surface area (Å²) in [6.07, 6.45) is 0. The molecule has 0 spiro atoms. The van der Waals surface area contributed by atoms with Gasteiger partial charge in [0.25, 0.3) is 0 Å². The lowest BCUT2D eigenvalue weighted by molar-refractivity contribution is 0.276. The molecule has 0 saturated heterocycles. The van der Waals surface area contributed by atoms with Gasteiger partial charge in [0.15, 0.2) is 0 Å². The van der Waals surface area contributed by atoms with Gasteiger partial charge in [0.1, 0.15) is 5.82 Å². The van der Waals surface area contributed by atoms with Gasteiger partial charge >= 0.3 is 7.12 Å². The van der Waals surface area contributed by atoms with Gasteiger partial charge in [-0.15, -0.1) is 0 Å². The second-order valence-electron chi connectivity index (χ2n) is 2.34. The molecule has 0 aliphatic heterocycles. The summed E-state index contributed by atoms with van der Waals surface area (Å²) < 4.78 is 12.8. The van der Waals surface area contributed by atoms with Crippen molar-refractivity contribution in [1.29, 1.82) is 0 Å². The molecule has 1 rings (SSSR count). The van der Waals surface area contributed by atoms with E-state index in [0.29, 0.717) is 0 Å². The molecular formula is C7H8BFO3. The highest BCUT2D eigenvalue weighted by Crippen LogP contribution is 2.03. The highest BCUT2D eigenvalue weighted by molar-refractivity contribution is 6.59. The van der Waals surface area contributed by atoms with E-state index in [1.54, 1.807) is 0 Å². The van der Waals surface area contributed by atoms with Crippen LogP contribution in [0.2, 0.25) is 0 Å². The maximum atomic E-state index is 12.8. The summed E-state index contributed by atoms with van der Waals surface area (Å²) >= 11 is 0. The minimum absolute atomic E-state index is 0.00231.